The molecule has 0 aliphatic carbocycles. The largest absolute Gasteiger partial charge is 0.317 e. The Hall–Kier alpha value is -2.32. The van der Waals surface area contributed by atoms with Crippen molar-refractivity contribution in [2.45, 2.75) is 25.7 Å². The van der Waals surface area contributed by atoms with E-state index in [-0.39, 0.29) is 23.7 Å². The average molecular weight is 362 g/mol. The molecule has 2 heterocycles. The molecule has 0 unspecified atom stereocenters. The van der Waals surface area contributed by atoms with E-state index < -0.39 is 11.8 Å². The van der Waals surface area contributed by atoms with Crippen LogP contribution in [0.2, 0.25) is 0 Å². The smallest absolute Gasteiger partial charge is 0.267 e. The number of hydrogen-bond acceptors (Lipinski definition) is 6. The summed E-state index contributed by atoms with van der Waals surface area (Å²) in [5, 5.41) is 8.34. The summed E-state index contributed by atoms with van der Waals surface area (Å²) >= 11 is 0. The molecule has 2 rings (SSSR count). The fourth-order valence-corrected chi connectivity index (χ4v) is 3.32. The van der Waals surface area contributed by atoms with Gasteiger partial charge in [-0.05, 0) is 50.9 Å². The lowest BCUT2D eigenvalue weighted by atomic mass is 9.95. The van der Waals surface area contributed by atoms with Gasteiger partial charge in [0.25, 0.3) is 5.91 Å². The van der Waals surface area contributed by atoms with Gasteiger partial charge in [-0.1, -0.05) is 13.2 Å². The van der Waals surface area contributed by atoms with Gasteiger partial charge in [0.1, 0.15) is 0 Å². The van der Waals surface area contributed by atoms with Crippen molar-refractivity contribution < 1.29 is 19.2 Å². The van der Waals surface area contributed by atoms with Gasteiger partial charge in [-0.25, -0.2) is 10.0 Å². The summed E-state index contributed by atoms with van der Waals surface area (Å²) in [7, 11) is 0. The third-order valence-corrected chi connectivity index (χ3v) is 4.84. The quantitative estimate of drug-likeness (QED) is 0.667. The van der Waals surface area contributed by atoms with Crippen molar-refractivity contribution in [2.24, 2.45) is 11.8 Å². The first kappa shape index (κ1) is 20.0. The molecule has 142 valence electrons. The third kappa shape index (κ3) is 4.86. The van der Waals surface area contributed by atoms with E-state index in [2.05, 4.69) is 23.8 Å². The number of carbonyl (C=O) groups excluding carboxylic acids is 4. The van der Waals surface area contributed by atoms with Crippen LogP contribution in [0.4, 0.5) is 0 Å². The normalized spacial score (nSPS) is 19.4. The summed E-state index contributed by atoms with van der Waals surface area (Å²) in [6.07, 6.45) is 4.49. The lowest BCUT2D eigenvalue weighted by molar-refractivity contribution is -0.167. The molecule has 2 N–H and O–H groups in total. The maximum absolute atomic E-state index is 12.9. The van der Waals surface area contributed by atoms with Gasteiger partial charge in [0, 0.05) is 24.9 Å². The van der Waals surface area contributed by atoms with Crippen LogP contribution in [-0.4, -0.2) is 59.8 Å². The monoisotopic (exact) mass is 362 g/mol. The zero-order chi connectivity index (χ0) is 19.1. The van der Waals surface area contributed by atoms with Crippen molar-refractivity contribution in [2.75, 3.05) is 26.2 Å². The second kappa shape index (κ2) is 9.40. The fraction of sp³-hybridized carbons (Fsp3) is 0.556. The highest BCUT2D eigenvalue weighted by molar-refractivity contribution is 6.02. The second-order valence-electron chi connectivity index (χ2n) is 6.50. The van der Waals surface area contributed by atoms with Crippen molar-refractivity contribution in [1.29, 1.82) is 0 Å². The lowest BCUT2D eigenvalue weighted by Gasteiger charge is -2.39. The highest BCUT2D eigenvalue weighted by Gasteiger charge is 2.36. The molecular formula is C18H26N4O4. The fourth-order valence-electron chi connectivity index (χ4n) is 3.32. The maximum Gasteiger partial charge on any atom is 0.267 e. The molecule has 2 fully saturated rings. The molecule has 8 heteroatoms. The molecule has 2 aliphatic rings. The van der Waals surface area contributed by atoms with Crippen molar-refractivity contribution in [3.8, 4) is 0 Å². The van der Waals surface area contributed by atoms with Gasteiger partial charge in [0.15, 0.2) is 0 Å². The van der Waals surface area contributed by atoms with Crippen LogP contribution in [0, 0.1) is 11.8 Å². The Morgan fingerprint density at radius 3 is 2.12 bits per heavy atom. The summed E-state index contributed by atoms with van der Waals surface area (Å²) < 4.78 is 0. The van der Waals surface area contributed by atoms with E-state index in [1.54, 1.807) is 5.01 Å². The minimum atomic E-state index is -0.526. The average Bonchev–Trinajstić information content (AvgIpc) is 2.68. The molecule has 0 aromatic carbocycles. The number of rotatable bonds is 5. The standard InChI is InChI=1S/C18H26N4O4/c1-3-15(23)20-17(25)13-7-11-21(12-8-13)22(16(24)4-2)18(26)14-5-9-19-10-6-14/h3-4,13-14,19H,1-2,5-12H2,(H,20,23,25). The van der Waals surface area contributed by atoms with Crippen LogP contribution in [0.3, 0.4) is 0 Å². The summed E-state index contributed by atoms with van der Waals surface area (Å²) in [6, 6.07) is 0. The molecule has 0 atom stereocenters. The molecule has 0 radical (unpaired) electrons. The molecule has 0 spiro atoms. The van der Waals surface area contributed by atoms with Crippen LogP contribution >= 0.6 is 0 Å². The Bertz CT molecular complexity index is 590. The first-order valence-corrected chi connectivity index (χ1v) is 8.91. The SMILES string of the molecule is C=CC(=O)NC(=O)C1CCN(N(C(=O)C=C)C(=O)C2CCNCC2)CC1. The van der Waals surface area contributed by atoms with E-state index in [4.69, 9.17) is 0 Å². The number of nitrogens with zero attached hydrogens (tertiary/aromatic N) is 2. The summed E-state index contributed by atoms with van der Waals surface area (Å²) in [5.74, 6) is -2.04. The number of amides is 4. The van der Waals surface area contributed by atoms with Crippen molar-refractivity contribution in [3.05, 3.63) is 25.3 Å². The molecule has 0 bridgehead atoms. The van der Waals surface area contributed by atoms with Gasteiger partial charge in [-0.15, -0.1) is 0 Å². The van der Waals surface area contributed by atoms with E-state index in [9.17, 15) is 19.2 Å². The van der Waals surface area contributed by atoms with Crippen LogP contribution in [0.5, 0.6) is 0 Å². The number of carbonyl (C=O) groups is 4. The maximum atomic E-state index is 12.9. The van der Waals surface area contributed by atoms with E-state index in [0.717, 1.165) is 25.2 Å². The highest BCUT2D eigenvalue weighted by atomic mass is 16.2. The molecule has 2 aliphatic heterocycles. The van der Waals surface area contributed by atoms with Crippen LogP contribution in [0.15, 0.2) is 25.3 Å². The zero-order valence-corrected chi connectivity index (χ0v) is 14.9. The molecule has 0 saturated carbocycles. The van der Waals surface area contributed by atoms with Gasteiger partial charge in [0.05, 0.1) is 0 Å². The van der Waals surface area contributed by atoms with Crippen molar-refractivity contribution in [3.63, 3.8) is 0 Å². The number of imide groups is 2. The number of nitrogens with one attached hydrogen (secondary N) is 2. The second-order valence-corrected chi connectivity index (χ2v) is 6.50. The Morgan fingerprint density at radius 1 is 0.962 bits per heavy atom. The Morgan fingerprint density at radius 2 is 1.58 bits per heavy atom. The number of piperidine rings is 2. The first-order valence-electron chi connectivity index (χ1n) is 8.91. The van der Waals surface area contributed by atoms with Crippen LogP contribution in [0.1, 0.15) is 25.7 Å². The zero-order valence-electron chi connectivity index (χ0n) is 14.9. The predicted octanol–water partition coefficient (Wildman–Crippen LogP) is -0.0170. The van der Waals surface area contributed by atoms with Gasteiger partial charge in [-0.2, -0.15) is 0 Å². The van der Waals surface area contributed by atoms with E-state index in [1.165, 1.54) is 5.01 Å². The molecule has 2 saturated heterocycles. The highest BCUT2D eigenvalue weighted by Crippen LogP contribution is 2.23. The molecule has 4 amide bonds. The van der Waals surface area contributed by atoms with Crippen molar-refractivity contribution in [1.82, 2.24) is 20.7 Å². The minimum absolute atomic E-state index is 0.189. The Balaban J connectivity index is 2.00. The van der Waals surface area contributed by atoms with E-state index in [0.29, 0.717) is 38.8 Å². The Kier molecular flexibility index (Phi) is 7.23. The number of hydrogen-bond donors (Lipinski definition) is 2. The summed E-state index contributed by atoms with van der Waals surface area (Å²) in [4.78, 5) is 48.4. The Labute approximate surface area is 153 Å². The van der Waals surface area contributed by atoms with E-state index in [1.807, 2.05) is 0 Å². The van der Waals surface area contributed by atoms with Crippen LogP contribution in [-0.2, 0) is 19.2 Å². The van der Waals surface area contributed by atoms with Gasteiger partial charge in [0.2, 0.25) is 17.7 Å². The summed E-state index contributed by atoms with van der Waals surface area (Å²) in [6.45, 7) is 9.10. The van der Waals surface area contributed by atoms with Crippen LogP contribution < -0.4 is 10.6 Å². The number of hydrazine groups is 1. The predicted molar refractivity (Wildman–Crippen MR) is 95.3 cm³/mol. The molecule has 0 aromatic heterocycles. The van der Waals surface area contributed by atoms with Gasteiger partial charge in [-0.3, -0.25) is 24.5 Å². The minimum Gasteiger partial charge on any atom is -0.317 e. The molecular weight excluding hydrogens is 336 g/mol. The summed E-state index contributed by atoms with van der Waals surface area (Å²) in [5.41, 5.74) is 0. The molecule has 8 nitrogen and oxygen atoms in total. The first-order chi connectivity index (χ1) is 12.5. The molecule has 26 heavy (non-hydrogen) atoms. The van der Waals surface area contributed by atoms with Gasteiger partial charge < -0.3 is 5.32 Å². The van der Waals surface area contributed by atoms with Crippen molar-refractivity contribution >= 4 is 23.6 Å². The third-order valence-electron chi connectivity index (χ3n) is 4.84. The lowest BCUT2D eigenvalue weighted by Crippen LogP contribution is -2.56. The van der Waals surface area contributed by atoms with Crippen LogP contribution in [0.25, 0.3) is 0 Å². The van der Waals surface area contributed by atoms with E-state index >= 15 is 0 Å². The molecule has 0 aromatic rings. The van der Waals surface area contributed by atoms with Gasteiger partial charge >= 0.3 is 0 Å². The topological polar surface area (TPSA) is 98.8 Å².